The molecule has 0 bridgehead atoms. The average Bonchev–Trinajstić information content (AvgIpc) is 2.93. The highest BCUT2D eigenvalue weighted by molar-refractivity contribution is 5.77. The lowest BCUT2D eigenvalue weighted by atomic mass is 10.2. The van der Waals surface area contributed by atoms with Crippen LogP contribution < -0.4 is 10.9 Å². The number of rotatable bonds is 3. The quantitative estimate of drug-likeness (QED) is 0.628. The molecule has 1 N–H and O–H groups in total. The number of hydrogen-bond donors (Lipinski definition) is 1. The van der Waals surface area contributed by atoms with Crippen LogP contribution in [-0.2, 0) is 6.54 Å². The van der Waals surface area contributed by atoms with Crippen molar-refractivity contribution in [2.45, 2.75) is 20.4 Å². The Morgan fingerprint density at radius 2 is 2.00 bits per heavy atom. The molecule has 0 saturated heterocycles. The molecule has 0 aliphatic heterocycles. The van der Waals surface area contributed by atoms with E-state index in [0.29, 0.717) is 23.8 Å². The van der Waals surface area contributed by atoms with Gasteiger partial charge in [-0.1, -0.05) is 6.07 Å². The van der Waals surface area contributed by atoms with E-state index < -0.39 is 0 Å². The summed E-state index contributed by atoms with van der Waals surface area (Å²) in [5, 5.41) is 3.27. The van der Waals surface area contributed by atoms with E-state index >= 15 is 0 Å². The number of hydrogen-bond acceptors (Lipinski definition) is 5. The second-order valence-corrected chi connectivity index (χ2v) is 5.79. The zero-order valence-electron chi connectivity index (χ0n) is 13.4. The molecule has 3 aromatic heterocycles. The lowest BCUT2D eigenvalue weighted by Gasteiger charge is -2.07. The monoisotopic (exact) mass is 320 g/mol. The van der Waals surface area contributed by atoms with E-state index in [1.54, 1.807) is 16.7 Å². The highest BCUT2D eigenvalue weighted by Gasteiger charge is 2.05. The fraction of sp³-hybridized carbons (Fsp3) is 0.167. The van der Waals surface area contributed by atoms with Crippen LogP contribution in [0.2, 0.25) is 0 Å². The fourth-order valence-electron chi connectivity index (χ4n) is 2.69. The van der Waals surface area contributed by atoms with Crippen LogP contribution in [0.4, 0.5) is 5.69 Å². The first-order chi connectivity index (χ1) is 11.6. The molecule has 0 amide bonds. The van der Waals surface area contributed by atoms with Crippen molar-refractivity contribution in [2.24, 2.45) is 0 Å². The molecule has 0 saturated carbocycles. The van der Waals surface area contributed by atoms with Gasteiger partial charge in [-0.2, -0.15) is 0 Å². The molecule has 4 aromatic rings. The Hall–Kier alpha value is -3.15. The van der Waals surface area contributed by atoms with Gasteiger partial charge in [0.2, 0.25) is 0 Å². The lowest BCUT2D eigenvalue weighted by Crippen LogP contribution is -2.17. The van der Waals surface area contributed by atoms with Crippen LogP contribution in [0.15, 0.2) is 51.8 Å². The third-order valence-electron chi connectivity index (χ3n) is 3.83. The topological polar surface area (TPSA) is 72.4 Å². The smallest absolute Gasteiger partial charge is 0.258 e. The molecule has 0 unspecified atom stereocenters. The Morgan fingerprint density at radius 3 is 2.88 bits per heavy atom. The second kappa shape index (κ2) is 5.49. The normalized spacial score (nSPS) is 11.2. The number of aryl methyl sites for hydroxylation is 2. The van der Waals surface area contributed by atoms with E-state index in [1.807, 2.05) is 44.2 Å². The molecule has 6 nitrogen and oxygen atoms in total. The van der Waals surface area contributed by atoms with Crippen molar-refractivity contribution >= 4 is 22.4 Å². The van der Waals surface area contributed by atoms with Crippen LogP contribution in [0.25, 0.3) is 16.7 Å². The van der Waals surface area contributed by atoms with Crippen molar-refractivity contribution in [1.82, 2.24) is 14.4 Å². The van der Waals surface area contributed by atoms with Crippen molar-refractivity contribution < 1.29 is 4.42 Å². The minimum Gasteiger partial charge on any atom is -0.441 e. The molecular weight excluding hydrogens is 304 g/mol. The Kier molecular flexibility index (Phi) is 3.30. The van der Waals surface area contributed by atoms with E-state index in [4.69, 9.17) is 4.42 Å². The molecule has 0 aliphatic rings. The average molecular weight is 320 g/mol. The van der Waals surface area contributed by atoms with E-state index in [2.05, 4.69) is 15.3 Å². The molecular formula is C18H16N4O2. The summed E-state index contributed by atoms with van der Waals surface area (Å²) in [5.74, 6) is 0.640. The third kappa shape index (κ3) is 2.62. The molecule has 120 valence electrons. The van der Waals surface area contributed by atoms with Gasteiger partial charge in [-0.15, -0.1) is 0 Å². The maximum Gasteiger partial charge on any atom is 0.258 e. The van der Waals surface area contributed by atoms with Gasteiger partial charge in [0.15, 0.2) is 11.5 Å². The maximum absolute atomic E-state index is 12.2. The summed E-state index contributed by atoms with van der Waals surface area (Å²) in [6, 6.07) is 11.1. The van der Waals surface area contributed by atoms with Gasteiger partial charge in [0, 0.05) is 24.9 Å². The first-order valence-corrected chi connectivity index (χ1v) is 7.68. The highest BCUT2D eigenvalue weighted by Crippen LogP contribution is 2.20. The lowest BCUT2D eigenvalue weighted by molar-refractivity contribution is 0.561. The highest BCUT2D eigenvalue weighted by atomic mass is 16.3. The molecule has 3 heterocycles. The van der Waals surface area contributed by atoms with Gasteiger partial charge in [0.25, 0.3) is 5.56 Å². The Morgan fingerprint density at radius 1 is 1.12 bits per heavy atom. The van der Waals surface area contributed by atoms with Crippen molar-refractivity contribution in [2.75, 3.05) is 5.32 Å². The van der Waals surface area contributed by atoms with Crippen LogP contribution in [0, 0.1) is 13.8 Å². The summed E-state index contributed by atoms with van der Waals surface area (Å²) in [4.78, 5) is 21.1. The summed E-state index contributed by atoms with van der Waals surface area (Å²) in [7, 11) is 0. The molecule has 24 heavy (non-hydrogen) atoms. The van der Waals surface area contributed by atoms with Crippen LogP contribution in [0.5, 0.6) is 0 Å². The molecule has 0 atom stereocenters. The Balaban J connectivity index is 1.61. The van der Waals surface area contributed by atoms with Crippen LogP contribution in [-0.4, -0.2) is 14.4 Å². The molecule has 1 aromatic carbocycles. The van der Waals surface area contributed by atoms with Gasteiger partial charge in [0.1, 0.15) is 11.2 Å². The number of aromatic nitrogens is 3. The summed E-state index contributed by atoms with van der Waals surface area (Å²) < 4.78 is 7.02. The third-order valence-corrected chi connectivity index (χ3v) is 3.83. The second-order valence-electron chi connectivity index (χ2n) is 5.79. The van der Waals surface area contributed by atoms with Crippen LogP contribution in [0.1, 0.15) is 17.1 Å². The van der Waals surface area contributed by atoms with Gasteiger partial charge < -0.3 is 9.73 Å². The fourth-order valence-corrected chi connectivity index (χ4v) is 2.69. The largest absolute Gasteiger partial charge is 0.441 e. The SMILES string of the molecule is Cc1ccc2nc(CNc3ccc4oc(C)nc4c3)cc(=O)n2c1. The number of pyridine rings is 1. The van der Waals surface area contributed by atoms with Crippen LogP contribution in [0.3, 0.4) is 0 Å². The van der Waals surface area contributed by atoms with Gasteiger partial charge >= 0.3 is 0 Å². The van der Waals surface area contributed by atoms with E-state index in [-0.39, 0.29) is 5.56 Å². The summed E-state index contributed by atoms with van der Waals surface area (Å²) >= 11 is 0. The minimum atomic E-state index is -0.0805. The van der Waals surface area contributed by atoms with E-state index in [1.165, 1.54) is 0 Å². The van der Waals surface area contributed by atoms with E-state index in [9.17, 15) is 4.79 Å². The molecule has 0 fully saturated rings. The molecule has 4 rings (SSSR count). The zero-order valence-corrected chi connectivity index (χ0v) is 13.4. The number of nitrogens with zero attached hydrogens (tertiary/aromatic N) is 3. The van der Waals surface area contributed by atoms with Gasteiger partial charge in [-0.05, 0) is 36.8 Å². The number of anilines is 1. The first-order valence-electron chi connectivity index (χ1n) is 7.68. The van der Waals surface area contributed by atoms with Gasteiger partial charge in [-0.25, -0.2) is 9.97 Å². The zero-order chi connectivity index (χ0) is 16.7. The van der Waals surface area contributed by atoms with Crippen molar-refractivity contribution in [3.05, 3.63) is 70.1 Å². The minimum absolute atomic E-state index is 0.0805. The molecule has 0 aliphatic carbocycles. The summed E-state index contributed by atoms with van der Waals surface area (Å²) in [5.41, 5.74) is 4.75. The number of benzene rings is 1. The predicted molar refractivity (Wildman–Crippen MR) is 92.3 cm³/mol. The Labute approximate surface area is 137 Å². The molecule has 6 heteroatoms. The predicted octanol–water partition coefficient (Wildman–Crippen LogP) is 3.06. The van der Waals surface area contributed by atoms with Crippen molar-refractivity contribution in [3.63, 3.8) is 0 Å². The molecule has 0 spiro atoms. The Bertz CT molecular complexity index is 1110. The van der Waals surface area contributed by atoms with Gasteiger partial charge in [-0.3, -0.25) is 9.20 Å². The van der Waals surface area contributed by atoms with Crippen molar-refractivity contribution in [1.29, 1.82) is 0 Å². The maximum atomic E-state index is 12.2. The first kappa shape index (κ1) is 14.4. The van der Waals surface area contributed by atoms with Crippen LogP contribution >= 0.6 is 0 Å². The van der Waals surface area contributed by atoms with E-state index in [0.717, 1.165) is 22.4 Å². The molecule has 0 radical (unpaired) electrons. The summed E-state index contributed by atoms with van der Waals surface area (Å²) in [6.07, 6.45) is 1.79. The number of fused-ring (bicyclic) bond motifs is 2. The number of oxazole rings is 1. The summed E-state index contributed by atoms with van der Waals surface area (Å²) in [6.45, 7) is 4.23. The van der Waals surface area contributed by atoms with Gasteiger partial charge in [0.05, 0.1) is 12.2 Å². The van der Waals surface area contributed by atoms with Crippen molar-refractivity contribution in [3.8, 4) is 0 Å². The number of nitrogens with one attached hydrogen (secondary N) is 1. The standard InChI is InChI=1S/C18H16N4O2/c1-11-3-6-17-21-14(8-18(23)22(17)10-11)9-19-13-4-5-16-15(7-13)20-12(2)24-16/h3-8,10,19H,9H2,1-2H3.